The normalized spacial score (nSPS) is 11.2. The van der Waals surface area contributed by atoms with Crippen molar-refractivity contribution < 1.29 is 17.9 Å². The Kier molecular flexibility index (Phi) is 8.05. The van der Waals surface area contributed by atoms with E-state index in [9.17, 15) is 13.2 Å². The lowest BCUT2D eigenvalue weighted by molar-refractivity contribution is 0.0526. The van der Waals surface area contributed by atoms with Gasteiger partial charge >= 0.3 is 5.97 Å². The fourth-order valence-corrected chi connectivity index (χ4v) is 4.42. The van der Waals surface area contributed by atoms with Gasteiger partial charge in [-0.25, -0.2) is 13.2 Å². The molecule has 0 aliphatic heterocycles. The standard InChI is InChI=1S/C22H29NO4S/c1-4-7-17-23(20-13-11-19(12-14-20)22(24)27-6-3)28(25,26)21-15-9-18(8-5-2)10-16-21/h9-16H,4-8,17H2,1-3H3. The summed E-state index contributed by atoms with van der Waals surface area (Å²) in [7, 11) is -3.68. The fourth-order valence-electron chi connectivity index (χ4n) is 2.91. The number of nitrogens with zero attached hydrogens (tertiary/aromatic N) is 1. The largest absolute Gasteiger partial charge is 0.462 e. The number of carbonyl (C=O) groups excluding carboxylic acids is 1. The van der Waals surface area contributed by atoms with Gasteiger partial charge in [0.1, 0.15) is 0 Å². The predicted molar refractivity (Wildman–Crippen MR) is 112 cm³/mol. The van der Waals surface area contributed by atoms with E-state index in [1.54, 1.807) is 43.3 Å². The fraction of sp³-hybridized carbons (Fsp3) is 0.409. The lowest BCUT2D eigenvalue weighted by Crippen LogP contribution is -2.32. The molecule has 0 fully saturated rings. The summed E-state index contributed by atoms with van der Waals surface area (Å²) >= 11 is 0. The van der Waals surface area contributed by atoms with Crippen LogP contribution in [0.1, 0.15) is 56.0 Å². The average molecular weight is 404 g/mol. The Bertz CT molecular complexity index is 858. The van der Waals surface area contributed by atoms with Gasteiger partial charge in [-0.1, -0.05) is 38.8 Å². The van der Waals surface area contributed by atoms with E-state index >= 15 is 0 Å². The zero-order valence-corrected chi connectivity index (χ0v) is 17.7. The minimum absolute atomic E-state index is 0.276. The first kappa shape index (κ1) is 22.0. The molecule has 2 rings (SSSR count). The third kappa shape index (κ3) is 5.35. The molecule has 0 saturated heterocycles. The van der Waals surface area contributed by atoms with Crippen molar-refractivity contribution in [1.29, 1.82) is 0 Å². The van der Waals surface area contributed by atoms with Crippen LogP contribution in [0.5, 0.6) is 0 Å². The highest BCUT2D eigenvalue weighted by Gasteiger charge is 2.24. The highest BCUT2D eigenvalue weighted by molar-refractivity contribution is 7.92. The van der Waals surface area contributed by atoms with Gasteiger partial charge in [0.05, 0.1) is 22.8 Å². The van der Waals surface area contributed by atoms with E-state index in [1.165, 1.54) is 4.31 Å². The van der Waals surface area contributed by atoms with Crippen molar-refractivity contribution in [2.75, 3.05) is 17.5 Å². The molecule has 0 amide bonds. The van der Waals surface area contributed by atoms with Crippen LogP contribution in [0.4, 0.5) is 5.69 Å². The molecule has 0 bridgehead atoms. The number of esters is 1. The molecule has 6 heteroatoms. The Hall–Kier alpha value is -2.34. The molecule has 0 aliphatic rings. The summed E-state index contributed by atoms with van der Waals surface area (Å²) in [5, 5.41) is 0. The van der Waals surface area contributed by atoms with E-state index in [1.807, 2.05) is 19.1 Å². The van der Waals surface area contributed by atoms with E-state index < -0.39 is 16.0 Å². The van der Waals surface area contributed by atoms with Crippen molar-refractivity contribution >= 4 is 21.7 Å². The molecule has 28 heavy (non-hydrogen) atoms. The molecule has 0 spiro atoms. The van der Waals surface area contributed by atoms with Gasteiger partial charge < -0.3 is 4.74 Å². The monoisotopic (exact) mass is 403 g/mol. The van der Waals surface area contributed by atoms with E-state index in [0.717, 1.165) is 31.2 Å². The van der Waals surface area contributed by atoms with Crippen LogP contribution in [-0.4, -0.2) is 27.5 Å². The van der Waals surface area contributed by atoms with E-state index in [0.29, 0.717) is 24.4 Å². The predicted octanol–water partition coefficient (Wildman–Crippen LogP) is 4.81. The Labute approximate surface area is 168 Å². The molecule has 2 aromatic rings. The Morgan fingerprint density at radius 3 is 2.11 bits per heavy atom. The molecule has 0 radical (unpaired) electrons. The summed E-state index contributed by atoms with van der Waals surface area (Å²) in [6.45, 7) is 6.54. The molecule has 5 nitrogen and oxygen atoms in total. The van der Waals surface area contributed by atoms with Gasteiger partial charge in [0.25, 0.3) is 10.0 Å². The van der Waals surface area contributed by atoms with Gasteiger partial charge in [-0.2, -0.15) is 0 Å². The molecule has 0 heterocycles. The van der Waals surface area contributed by atoms with Crippen LogP contribution in [0.2, 0.25) is 0 Å². The number of hydrogen-bond acceptors (Lipinski definition) is 4. The third-order valence-electron chi connectivity index (χ3n) is 4.43. The Balaban J connectivity index is 2.34. The van der Waals surface area contributed by atoms with Gasteiger partial charge in [-0.05, 0) is 61.7 Å². The number of ether oxygens (including phenoxy) is 1. The van der Waals surface area contributed by atoms with Crippen LogP contribution in [0, 0.1) is 0 Å². The zero-order chi connectivity index (χ0) is 20.6. The van der Waals surface area contributed by atoms with Crippen molar-refractivity contribution in [3.05, 3.63) is 59.7 Å². The maximum atomic E-state index is 13.3. The van der Waals surface area contributed by atoms with Gasteiger partial charge in [0, 0.05) is 6.54 Å². The van der Waals surface area contributed by atoms with Crippen LogP contribution in [0.15, 0.2) is 53.4 Å². The molecule has 152 valence electrons. The van der Waals surface area contributed by atoms with Crippen molar-refractivity contribution in [2.45, 2.75) is 51.3 Å². The Morgan fingerprint density at radius 2 is 1.57 bits per heavy atom. The van der Waals surface area contributed by atoms with Crippen molar-refractivity contribution in [1.82, 2.24) is 0 Å². The van der Waals surface area contributed by atoms with E-state index in [4.69, 9.17) is 4.74 Å². The maximum Gasteiger partial charge on any atom is 0.338 e. The molecule has 0 unspecified atom stereocenters. The number of aryl methyl sites for hydroxylation is 1. The summed E-state index contributed by atoms with van der Waals surface area (Å²) in [5.41, 5.74) is 2.07. The summed E-state index contributed by atoms with van der Waals surface area (Å²) in [6.07, 6.45) is 3.56. The highest BCUT2D eigenvalue weighted by Crippen LogP contribution is 2.25. The number of anilines is 1. The minimum atomic E-state index is -3.68. The number of benzene rings is 2. The second kappa shape index (κ2) is 10.3. The third-order valence-corrected chi connectivity index (χ3v) is 6.27. The first-order valence-corrected chi connectivity index (χ1v) is 11.3. The SMILES string of the molecule is CCCCN(c1ccc(C(=O)OCC)cc1)S(=O)(=O)c1ccc(CCC)cc1. The average Bonchev–Trinajstić information content (AvgIpc) is 2.69. The van der Waals surface area contributed by atoms with Crippen molar-refractivity contribution in [2.24, 2.45) is 0 Å². The highest BCUT2D eigenvalue weighted by atomic mass is 32.2. The molecule has 0 atom stereocenters. The van der Waals surface area contributed by atoms with Gasteiger partial charge in [-0.15, -0.1) is 0 Å². The topological polar surface area (TPSA) is 63.7 Å². The van der Waals surface area contributed by atoms with E-state index in [-0.39, 0.29) is 4.90 Å². The first-order valence-electron chi connectivity index (χ1n) is 9.82. The van der Waals surface area contributed by atoms with Crippen LogP contribution < -0.4 is 4.31 Å². The van der Waals surface area contributed by atoms with Gasteiger partial charge in [0.15, 0.2) is 0 Å². The Morgan fingerprint density at radius 1 is 0.929 bits per heavy atom. The second-order valence-electron chi connectivity index (χ2n) is 6.59. The number of sulfonamides is 1. The second-order valence-corrected chi connectivity index (χ2v) is 8.45. The summed E-state index contributed by atoms with van der Waals surface area (Å²) in [5.74, 6) is -0.413. The summed E-state index contributed by atoms with van der Waals surface area (Å²) < 4.78 is 32.9. The quantitative estimate of drug-likeness (QED) is 0.534. The van der Waals surface area contributed by atoms with Crippen LogP contribution in [-0.2, 0) is 21.2 Å². The maximum absolute atomic E-state index is 13.3. The summed E-state index contributed by atoms with van der Waals surface area (Å²) in [4.78, 5) is 12.1. The molecule has 0 aliphatic carbocycles. The van der Waals surface area contributed by atoms with Crippen LogP contribution in [0.25, 0.3) is 0 Å². The molecule has 0 N–H and O–H groups in total. The molecular weight excluding hydrogens is 374 g/mol. The number of unbranched alkanes of at least 4 members (excludes halogenated alkanes) is 1. The van der Waals surface area contributed by atoms with E-state index in [2.05, 4.69) is 6.92 Å². The van der Waals surface area contributed by atoms with Crippen molar-refractivity contribution in [3.63, 3.8) is 0 Å². The number of hydrogen-bond donors (Lipinski definition) is 0. The summed E-state index contributed by atoms with van der Waals surface area (Å²) in [6, 6.07) is 13.6. The van der Waals surface area contributed by atoms with Gasteiger partial charge in [0.2, 0.25) is 0 Å². The van der Waals surface area contributed by atoms with Gasteiger partial charge in [-0.3, -0.25) is 4.31 Å². The molecule has 0 saturated carbocycles. The zero-order valence-electron chi connectivity index (χ0n) is 16.8. The number of carbonyl (C=O) groups is 1. The lowest BCUT2D eigenvalue weighted by Gasteiger charge is -2.24. The minimum Gasteiger partial charge on any atom is -0.462 e. The lowest BCUT2D eigenvalue weighted by atomic mass is 10.1. The van der Waals surface area contributed by atoms with Crippen LogP contribution >= 0.6 is 0 Å². The van der Waals surface area contributed by atoms with Crippen LogP contribution in [0.3, 0.4) is 0 Å². The first-order chi connectivity index (χ1) is 13.4. The molecule has 0 aromatic heterocycles. The molecular formula is C22H29NO4S. The number of rotatable bonds is 10. The smallest absolute Gasteiger partial charge is 0.338 e. The van der Waals surface area contributed by atoms with Crippen molar-refractivity contribution in [3.8, 4) is 0 Å². The molecule has 2 aromatic carbocycles.